The predicted molar refractivity (Wildman–Crippen MR) is 103 cm³/mol. The summed E-state index contributed by atoms with van der Waals surface area (Å²) in [4.78, 5) is 20.7. The molecule has 2 aromatic rings. The normalized spacial score (nSPS) is 16.2. The third-order valence-electron chi connectivity index (χ3n) is 5.10. The van der Waals surface area contributed by atoms with E-state index in [2.05, 4.69) is 11.9 Å². The molecule has 0 amide bonds. The Labute approximate surface area is 156 Å². The van der Waals surface area contributed by atoms with Crippen LogP contribution in [0.4, 0.5) is 0 Å². The first-order valence-corrected chi connectivity index (χ1v) is 9.85. The lowest BCUT2D eigenvalue weighted by Gasteiger charge is -2.23. The SMILES string of the molecule is CCCCCC1CCc2nc(-c3ccc(OC(=O)CC)cc3)ncc2C1. The van der Waals surface area contributed by atoms with Crippen molar-refractivity contribution in [2.75, 3.05) is 0 Å². The fourth-order valence-corrected chi connectivity index (χ4v) is 3.53. The number of benzene rings is 1. The Hall–Kier alpha value is -2.23. The molecule has 4 nitrogen and oxygen atoms in total. The first-order chi connectivity index (χ1) is 12.7. The van der Waals surface area contributed by atoms with Gasteiger partial charge in [0.1, 0.15) is 5.75 Å². The van der Waals surface area contributed by atoms with Crippen molar-refractivity contribution in [2.45, 2.75) is 65.2 Å². The Balaban J connectivity index is 1.67. The van der Waals surface area contributed by atoms with Crippen molar-refractivity contribution in [3.8, 4) is 17.1 Å². The second-order valence-electron chi connectivity index (χ2n) is 7.12. The molecular weight excluding hydrogens is 324 g/mol. The molecule has 1 unspecified atom stereocenters. The van der Waals surface area contributed by atoms with Gasteiger partial charge in [0.2, 0.25) is 0 Å². The molecule has 0 aliphatic heterocycles. The third kappa shape index (κ3) is 4.69. The fraction of sp³-hybridized carbons (Fsp3) is 0.500. The van der Waals surface area contributed by atoms with E-state index in [1.165, 1.54) is 43.4 Å². The molecule has 0 bridgehead atoms. The Morgan fingerprint density at radius 2 is 2.00 bits per heavy atom. The van der Waals surface area contributed by atoms with Gasteiger partial charge in [-0.3, -0.25) is 4.79 Å². The van der Waals surface area contributed by atoms with E-state index in [1.807, 2.05) is 18.3 Å². The molecule has 0 saturated heterocycles. The van der Waals surface area contributed by atoms with E-state index < -0.39 is 0 Å². The number of rotatable bonds is 7. The van der Waals surface area contributed by atoms with E-state index in [9.17, 15) is 4.79 Å². The van der Waals surface area contributed by atoms with Crippen LogP contribution in [-0.2, 0) is 17.6 Å². The van der Waals surface area contributed by atoms with Gasteiger partial charge in [-0.05, 0) is 55.0 Å². The monoisotopic (exact) mass is 352 g/mol. The van der Waals surface area contributed by atoms with Crippen molar-refractivity contribution in [1.82, 2.24) is 9.97 Å². The first-order valence-electron chi connectivity index (χ1n) is 9.85. The summed E-state index contributed by atoms with van der Waals surface area (Å²) in [7, 11) is 0. The average Bonchev–Trinajstić information content (AvgIpc) is 2.68. The molecule has 0 radical (unpaired) electrons. The van der Waals surface area contributed by atoms with Gasteiger partial charge in [0, 0.05) is 23.9 Å². The Kier molecular flexibility index (Phi) is 6.37. The van der Waals surface area contributed by atoms with Gasteiger partial charge in [-0.15, -0.1) is 0 Å². The summed E-state index contributed by atoms with van der Waals surface area (Å²) in [5.41, 5.74) is 3.47. The molecule has 0 spiro atoms. The summed E-state index contributed by atoms with van der Waals surface area (Å²) in [5, 5.41) is 0. The van der Waals surface area contributed by atoms with Crippen molar-refractivity contribution >= 4 is 5.97 Å². The number of carbonyl (C=O) groups excluding carboxylic acids is 1. The zero-order valence-corrected chi connectivity index (χ0v) is 15.8. The molecule has 1 aliphatic carbocycles. The second-order valence-corrected chi connectivity index (χ2v) is 7.12. The Morgan fingerprint density at radius 3 is 2.73 bits per heavy atom. The van der Waals surface area contributed by atoms with Crippen LogP contribution in [0, 0.1) is 5.92 Å². The van der Waals surface area contributed by atoms with Gasteiger partial charge >= 0.3 is 5.97 Å². The largest absolute Gasteiger partial charge is 0.427 e. The summed E-state index contributed by atoms with van der Waals surface area (Å²) in [6.07, 6.45) is 11.1. The quantitative estimate of drug-likeness (QED) is 0.393. The predicted octanol–water partition coefficient (Wildman–Crippen LogP) is 5.14. The maximum Gasteiger partial charge on any atom is 0.310 e. The Bertz CT molecular complexity index is 740. The maximum absolute atomic E-state index is 11.4. The molecule has 138 valence electrons. The van der Waals surface area contributed by atoms with E-state index in [0.29, 0.717) is 12.2 Å². The summed E-state index contributed by atoms with van der Waals surface area (Å²) < 4.78 is 5.22. The van der Waals surface area contributed by atoms with Gasteiger partial charge in [-0.1, -0.05) is 39.5 Å². The van der Waals surface area contributed by atoms with Crippen molar-refractivity contribution in [1.29, 1.82) is 0 Å². The molecular formula is C22H28N2O2. The molecule has 1 heterocycles. The van der Waals surface area contributed by atoms with Crippen molar-refractivity contribution in [3.63, 3.8) is 0 Å². The number of hydrogen-bond donors (Lipinski definition) is 0. The van der Waals surface area contributed by atoms with Crippen molar-refractivity contribution in [3.05, 3.63) is 41.7 Å². The average molecular weight is 352 g/mol. The second kappa shape index (κ2) is 8.93. The number of aromatic nitrogens is 2. The third-order valence-corrected chi connectivity index (χ3v) is 5.10. The van der Waals surface area contributed by atoms with Gasteiger partial charge < -0.3 is 4.74 Å². The molecule has 0 N–H and O–H groups in total. The highest BCUT2D eigenvalue weighted by molar-refractivity contribution is 5.72. The standard InChI is InChI=1S/C22H28N2O2/c1-3-5-6-7-16-8-13-20-18(14-16)15-23-22(24-20)17-9-11-19(12-10-17)26-21(25)4-2/h9-12,15-16H,3-8,13-14H2,1-2H3. The molecule has 4 heteroatoms. The molecule has 1 aliphatic rings. The Morgan fingerprint density at radius 1 is 1.19 bits per heavy atom. The lowest BCUT2D eigenvalue weighted by atomic mass is 9.84. The lowest BCUT2D eigenvalue weighted by Crippen LogP contribution is -2.16. The summed E-state index contributed by atoms with van der Waals surface area (Å²) in [6, 6.07) is 7.43. The minimum atomic E-state index is -0.226. The van der Waals surface area contributed by atoms with E-state index in [1.54, 1.807) is 19.1 Å². The molecule has 1 aromatic heterocycles. The van der Waals surface area contributed by atoms with Crippen LogP contribution in [-0.4, -0.2) is 15.9 Å². The topological polar surface area (TPSA) is 52.1 Å². The van der Waals surface area contributed by atoms with E-state index >= 15 is 0 Å². The van der Waals surface area contributed by atoms with E-state index in [-0.39, 0.29) is 5.97 Å². The number of fused-ring (bicyclic) bond motifs is 1. The van der Waals surface area contributed by atoms with Crippen molar-refractivity contribution in [2.24, 2.45) is 5.92 Å². The highest BCUT2D eigenvalue weighted by Crippen LogP contribution is 2.29. The lowest BCUT2D eigenvalue weighted by molar-refractivity contribution is -0.134. The number of hydrogen-bond acceptors (Lipinski definition) is 4. The zero-order chi connectivity index (χ0) is 18.4. The molecule has 26 heavy (non-hydrogen) atoms. The van der Waals surface area contributed by atoms with Crippen LogP contribution in [0.3, 0.4) is 0 Å². The smallest absolute Gasteiger partial charge is 0.310 e. The number of unbranched alkanes of at least 4 members (excludes halogenated alkanes) is 2. The zero-order valence-electron chi connectivity index (χ0n) is 15.8. The van der Waals surface area contributed by atoms with Crippen LogP contribution in [0.2, 0.25) is 0 Å². The highest BCUT2D eigenvalue weighted by atomic mass is 16.5. The summed E-state index contributed by atoms with van der Waals surface area (Å²) in [5.74, 6) is 1.88. The van der Waals surface area contributed by atoms with Crippen LogP contribution in [0.5, 0.6) is 5.75 Å². The van der Waals surface area contributed by atoms with Crippen LogP contribution in [0.25, 0.3) is 11.4 Å². The molecule has 1 atom stereocenters. The van der Waals surface area contributed by atoms with Gasteiger partial charge in [0.25, 0.3) is 0 Å². The van der Waals surface area contributed by atoms with Gasteiger partial charge in [-0.25, -0.2) is 9.97 Å². The highest BCUT2D eigenvalue weighted by Gasteiger charge is 2.20. The van der Waals surface area contributed by atoms with Gasteiger partial charge in [0.15, 0.2) is 5.82 Å². The van der Waals surface area contributed by atoms with E-state index in [4.69, 9.17) is 9.72 Å². The first kappa shape index (κ1) is 18.6. The number of nitrogens with zero attached hydrogens (tertiary/aromatic N) is 2. The summed E-state index contributed by atoms with van der Waals surface area (Å²) in [6.45, 7) is 4.04. The van der Waals surface area contributed by atoms with Crippen LogP contribution in [0.15, 0.2) is 30.5 Å². The molecule has 0 fully saturated rings. The minimum absolute atomic E-state index is 0.226. The van der Waals surface area contributed by atoms with E-state index in [0.717, 1.165) is 30.1 Å². The number of carbonyl (C=O) groups is 1. The van der Waals surface area contributed by atoms with Crippen molar-refractivity contribution < 1.29 is 9.53 Å². The van der Waals surface area contributed by atoms with Crippen LogP contribution >= 0.6 is 0 Å². The summed E-state index contributed by atoms with van der Waals surface area (Å²) >= 11 is 0. The molecule has 1 aromatic carbocycles. The fourth-order valence-electron chi connectivity index (χ4n) is 3.53. The van der Waals surface area contributed by atoms with Crippen LogP contribution in [0.1, 0.15) is 63.6 Å². The molecule has 3 rings (SSSR count). The van der Waals surface area contributed by atoms with Gasteiger partial charge in [0.05, 0.1) is 0 Å². The minimum Gasteiger partial charge on any atom is -0.427 e. The number of esters is 1. The van der Waals surface area contributed by atoms with Crippen LogP contribution < -0.4 is 4.74 Å². The maximum atomic E-state index is 11.4. The van der Waals surface area contributed by atoms with Gasteiger partial charge in [-0.2, -0.15) is 0 Å². The number of ether oxygens (including phenoxy) is 1. The molecule has 0 saturated carbocycles. The number of aryl methyl sites for hydroxylation is 1.